The second-order valence-corrected chi connectivity index (χ2v) is 8.55. The van der Waals surface area contributed by atoms with Crippen LogP contribution >= 0.6 is 0 Å². The summed E-state index contributed by atoms with van der Waals surface area (Å²) in [6.07, 6.45) is -0.297. The molecule has 158 valence electrons. The third kappa shape index (κ3) is 6.07. The second-order valence-electron chi connectivity index (χ2n) is 8.55. The number of alkyl carbamates (subject to hydrolysis) is 1. The average molecular weight is 403 g/mol. The highest BCUT2D eigenvalue weighted by Gasteiger charge is 2.27. The summed E-state index contributed by atoms with van der Waals surface area (Å²) in [6, 6.07) is 4.00. The number of hydrogen-bond acceptors (Lipinski definition) is 6. The van der Waals surface area contributed by atoms with Crippen molar-refractivity contribution in [1.29, 1.82) is 0 Å². The summed E-state index contributed by atoms with van der Waals surface area (Å²) in [5, 5.41) is 3.35. The molecular formula is C22H29NO6. The number of hydrogen-bond donors (Lipinski definition) is 1. The van der Waals surface area contributed by atoms with Gasteiger partial charge in [0, 0.05) is 17.0 Å². The van der Waals surface area contributed by atoms with Gasteiger partial charge in [0.15, 0.2) is 0 Å². The van der Waals surface area contributed by atoms with Gasteiger partial charge in [-0.25, -0.2) is 14.4 Å². The van der Waals surface area contributed by atoms with Crippen molar-refractivity contribution in [1.82, 2.24) is 5.32 Å². The Labute approximate surface area is 170 Å². The zero-order chi connectivity index (χ0) is 21.9. The van der Waals surface area contributed by atoms with E-state index in [9.17, 15) is 14.4 Å². The smallest absolute Gasteiger partial charge is 0.408 e. The number of carbonyl (C=O) groups is 2. The molecular weight excluding hydrogens is 374 g/mol. The van der Waals surface area contributed by atoms with Gasteiger partial charge in [-0.1, -0.05) is 13.8 Å². The third-order valence-corrected chi connectivity index (χ3v) is 4.33. The Morgan fingerprint density at radius 2 is 1.79 bits per heavy atom. The molecule has 0 saturated heterocycles. The largest absolute Gasteiger partial charge is 0.444 e. The van der Waals surface area contributed by atoms with Crippen LogP contribution in [0.25, 0.3) is 11.0 Å². The minimum Gasteiger partial charge on any atom is -0.444 e. The molecule has 1 aromatic heterocycles. The van der Waals surface area contributed by atoms with E-state index in [1.807, 2.05) is 20.8 Å². The zero-order valence-corrected chi connectivity index (χ0v) is 18.0. The van der Waals surface area contributed by atoms with Crippen molar-refractivity contribution in [2.24, 2.45) is 5.92 Å². The predicted octanol–water partition coefficient (Wildman–Crippen LogP) is 4.25. The van der Waals surface area contributed by atoms with Crippen LogP contribution in [-0.4, -0.2) is 23.7 Å². The highest BCUT2D eigenvalue weighted by molar-refractivity contribution is 5.85. The summed E-state index contributed by atoms with van der Waals surface area (Å²) < 4.78 is 16.0. The lowest BCUT2D eigenvalue weighted by atomic mass is 10.0. The van der Waals surface area contributed by atoms with Gasteiger partial charge in [-0.3, -0.25) is 0 Å². The van der Waals surface area contributed by atoms with Gasteiger partial charge in [-0.2, -0.15) is 0 Å². The Kier molecular flexibility index (Phi) is 6.72. The first-order chi connectivity index (χ1) is 13.4. The normalized spacial score (nSPS) is 12.7. The number of aryl methyl sites for hydroxylation is 1. The third-order valence-electron chi connectivity index (χ3n) is 4.33. The number of fused-ring (bicyclic) bond motifs is 1. The Bertz CT molecular complexity index is 968. The quantitative estimate of drug-likeness (QED) is 0.455. The van der Waals surface area contributed by atoms with Crippen LogP contribution in [0.1, 0.15) is 52.2 Å². The molecule has 7 heteroatoms. The predicted molar refractivity (Wildman–Crippen MR) is 110 cm³/mol. The summed E-state index contributed by atoms with van der Waals surface area (Å²) in [5.41, 5.74) is 0.591. The Morgan fingerprint density at radius 1 is 1.14 bits per heavy atom. The lowest BCUT2D eigenvalue weighted by Gasteiger charge is -2.23. The topological polar surface area (TPSA) is 94.8 Å². The second kappa shape index (κ2) is 8.68. The molecule has 1 atom stereocenters. The maximum absolute atomic E-state index is 12.7. The van der Waals surface area contributed by atoms with Gasteiger partial charge < -0.3 is 19.2 Å². The summed E-state index contributed by atoms with van der Waals surface area (Å²) >= 11 is 0. The van der Waals surface area contributed by atoms with Gasteiger partial charge in [0.1, 0.15) is 23.0 Å². The van der Waals surface area contributed by atoms with Crippen LogP contribution in [0.15, 0.2) is 27.4 Å². The van der Waals surface area contributed by atoms with Crippen molar-refractivity contribution in [2.45, 2.75) is 66.5 Å². The molecule has 0 bridgehead atoms. The van der Waals surface area contributed by atoms with E-state index in [1.54, 1.807) is 39.8 Å². The lowest BCUT2D eigenvalue weighted by Crippen LogP contribution is -2.45. The molecule has 1 heterocycles. The van der Waals surface area contributed by atoms with E-state index in [0.29, 0.717) is 17.6 Å². The molecule has 1 N–H and O–H groups in total. The summed E-state index contributed by atoms with van der Waals surface area (Å²) in [7, 11) is 0. The molecule has 0 aliphatic carbocycles. The molecule has 7 nitrogen and oxygen atoms in total. The van der Waals surface area contributed by atoms with E-state index in [1.165, 1.54) is 6.07 Å². The number of benzene rings is 1. The first-order valence-corrected chi connectivity index (χ1v) is 9.62. The minimum absolute atomic E-state index is 0.141. The Morgan fingerprint density at radius 3 is 2.38 bits per heavy atom. The molecule has 1 amide bonds. The number of ether oxygens (including phenoxy) is 2. The number of rotatable bonds is 5. The van der Waals surface area contributed by atoms with Crippen LogP contribution in [0.5, 0.6) is 5.75 Å². The summed E-state index contributed by atoms with van der Waals surface area (Å²) in [4.78, 5) is 36.7. The van der Waals surface area contributed by atoms with Crippen molar-refractivity contribution in [3.8, 4) is 5.75 Å². The molecule has 0 unspecified atom stereocenters. The van der Waals surface area contributed by atoms with Crippen LogP contribution in [0.2, 0.25) is 0 Å². The number of nitrogens with one attached hydrogen (secondary N) is 1. The van der Waals surface area contributed by atoms with Gasteiger partial charge in [0.05, 0.1) is 0 Å². The minimum atomic E-state index is -0.868. The summed E-state index contributed by atoms with van der Waals surface area (Å²) in [6.45, 7) is 12.6. The van der Waals surface area contributed by atoms with Crippen LogP contribution in [-0.2, 0) is 9.53 Å². The molecule has 0 aliphatic rings. The van der Waals surface area contributed by atoms with Crippen molar-refractivity contribution in [3.05, 3.63) is 39.7 Å². The Balaban J connectivity index is 2.22. The molecule has 0 saturated carbocycles. The van der Waals surface area contributed by atoms with Crippen molar-refractivity contribution in [3.63, 3.8) is 0 Å². The molecule has 0 radical (unpaired) electrons. The first-order valence-electron chi connectivity index (χ1n) is 9.62. The zero-order valence-electron chi connectivity index (χ0n) is 18.0. The van der Waals surface area contributed by atoms with Crippen LogP contribution in [0.4, 0.5) is 4.79 Å². The van der Waals surface area contributed by atoms with E-state index in [-0.39, 0.29) is 11.7 Å². The number of amides is 1. The molecule has 0 spiro atoms. The fraction of sp³-hybridized carbons (Fsp3) is 0.500. The van der Waals surface area contributed by atoms with E-state index in [0.717, 1.165) is 10.9 Å². The maximum atomic E-state index is 12.7. The molecule has 2 aromatic rings. The van der Waals surface area contributed by atoms with Gasteiger partial charge >= 0.3 is 17.7 Å². The highest BCUT2D eigenvalue weighted by atomic mass is 16.6. The molecule has 1 aromatic carbocycles. The summed E-state index contributed by atoms with van der Waals surface area (Å²) in [5.74, 6) is -0.244. The average Bonchev–Trinajstić information content (AvgIpc) is 2.57. The Hall–Kier alpha value is -2.83. The van der Waals surface area contributed by atoms with Gasteiger partial charge in [0.2, 0.25) is 0 Å². The van der Waals surface area contributed by atoms with Crippen LogP contribution in [0, 0.1) is 19.8 Å². The molecule has 0 fully saturated rings. The molecule has 0 aliphatic heterocycles. The van der Waals surface area contributed by atoms with Gasteiger partial charge in [-0.05, 0) is 64.7 Å². The fourth-order valence-corrected chi connectivity index (χ4v) is 2.81. The first kappa shape index (κ1) is 22.5. The van der Waals surface area contributed by atoms with E-state index in [4.69, 9.17) is 13.9 Å². The lowest BCUT2D eigenvalue weighted by molar-refractivity contribution is -0.137. The van der Waals surface area contributed by atoms with Crippen molar-refractivity contribution >= 4 is 23.0 Å². The maximum Gasteiger partial charge on any atom is 0.408 e. The fourth-order valence-electron chi connectivity index (χ4n) is 2.81. The van der Waals surface area contributed by atoms with E-state index >= 15 is 0 Å². The number of esters is 1. The standard InChI is InChI=1S/C22H29NO6/c1-12(2)10-17(23-21(26)29-22(5,6)7)20(25)27-15-8-9-16-13(3)14(4)19(24)28-18(16)11-15/h8-9,11-12,17H,10H2,1-7H3,(H,23,26)/t17-/m0/s1. The number of carbonyl (C=O) groups excluding carboxylic acids is 2. The monoisotopic (exact) mass is 403 g/mol. The van der Waals surface area contributed by atoms with Crippen LogP contribution in [0.3, 0.4) is 0 Å². The van der Waals surface area contributed by atoms with E-state index in [2.05, 4.69) is 5.32 Å². The highest BCUT2D eigenvalue weighted by Crippen LogP contribution is 2.24. The van der Waals surface area contributed by atoms with Crippen molar-refractivity contribution < 1.29 is 23.5 Å². The van der Waals surface area contributed by atoms with Crippen LogP contribution < -0.4 is 15.7 Å². The SMILES string of the molecule is Cc1c(C)c2ccc(OC(=O)[C@H](CC(C)C)NC(=O)OC(C)(C)C)cc2oc1=O. The molecule has 29 heavy (non-hydrogen) atoms. The van der Waals surface area contributed by atoms with Gasteiger partial charge in [0.25, 0.3) is 0 Å². The van der Waals surface area contributed by atoms with Gasteiger partial charge in [-0.15, -0.1) is 0 Å². The van der Waals surface area contributed by atoms with E-state index < -0.39 is 29.3 Å². The molecule has 2 rings (SSSR count). The van der Waals surface area contributed by atoms with Crippen molar-refractivity contribution in [2.75, 3.05) is 0 Å².